The topological polar surface area (TPSA) is 83.5 Å². The predicted molar refractivity (Wildman–Crippen MR) is 85.2 cm³/mol. The molecule has 2 aromatic rings. The molecule has 0 fully saturated rings. The number of anilines is 1. The number of nitrogens with zero attached hydrogens (tertiary/aromatic N) is 5. The van der Waals surface area contributed by atoms with E-state index >= 15 is 0 Å². The molecule has 0 unspecified atom stereocenters. The minimum absolute atomic E-state index is 0.228. The van der Waals surface area contributed by atoms with E-state index in [2.05, 4.69) is 9.88 Å². The molecular weight excluding hydrogens is 302 g/mol. The summed E-state index contributed by atoms with van der Waals surface area (Å²) < 4.78 is 14.6. The highest BCUT2D eigenvalue weighted by molar-refractivity contribution is 5.75. The highest BCUT2D eigenvalue weighted by atomic mass is 16.5. The van der Waals surface area contributed by atoms with E-state index < -0.39 is 0 Å². The van der Waals surface area contributed by atoms with Crippen LogP contribution in [0.3, 0.4) is 0 Å². The largest absolute Gasteiger partial charge is 0.383 e. The maximum absolute atomic E-state index is 12.7. The number of methoxy groups -OCH3 is 2. The van der Waals surface area contributed by atoms with E-state index in [9.17, 15) is 9.59 Å². The smallest absolute Gasteiger partial charge is 0.332 e. The average Bonchev–Trinajstić information content (AvgIpc) is 3.10. The zero-order chi connectivity index (χ0) is 16.6. The Bertz CT molecular complexity index is 834. The summed E-state index contributed by atoms with van der Waals surface area (Å²) in [4.78, 5) is 31.7. The lowest BCUT2D eigenvalue weighted by atomic mass is 10.4. The summed E-state index contributed by atoms with van der Waals surface area (Å²) >= 11 is 0. The SMILES string of the molecule is COCCN1CCn2c1nc1c2c(=O)n(CCOC)c(=O)n1C. The van der Waals surface area contributed by atoms with Crippen molar-refractivity contribution < 1.29 is 9.47 Å². The molecule has 9 heteroatoms. The summed E-state index contributed by atoms with van der Waals surface area (Å²) in [5.74, 6) is 0.716. The summed E-state index contributed by atoms with van der Waals surface area (Å²) in [7, 11) is 4.82. The number of aromatic nitrogens is 4. The van der Waals surface area contributed by atoms with Crippen LogP contribution in [0.4, 0.5) is 5.95 Å². The molecule has 0 aromatic carbocycles. The van der Waals surface area contributed by atoms with E-state index in [4.69, 9.17) is 9.47 Å². The number of ether oxygens (including phenoxy) is 2. The van der Waals surface area contributed by atoms with Gasteiger partial charge in [0.05, 0.1) is 19.8 Å². The molecule has 3 rings (SSSR count). The Labute approximate surface area is 132 Å². The molecule has 126 valence electrons. The van der Waals surface area contributed by atoms with E-state index in [1.54, 1.807) is 14.2 Å². The van der Waals surface area contributed by atoms with Gasteiger partial charge in [-0.1, -0.05) is 0 Å². The summed E-state index contributed by atoms with van der Waals surface area (Å²) in [6.07, 6.45) is 0. The van der Waals surface area contributed by atoms with Gasteiger partial charge in [0.25, 0.3) is 5.56 Å². The summed E-state index contributed by atoms with van der Waals surface area (Å²) in [5.41, 5.74) is 0.205. The Morgan fingerprint density at radius 1 is 1.09 bits per heavy atom. The van der Waals surface area contributed by atoms with Gasteiger partial charge in [-0.05, 0) is 0 Å². The number of hydrogen-bond donors (Lipinski definition) is 0. The molecule has 2 aromatic heterocycles. The third-order valence-corrected chi connectivity index (χ3v) is 4.17. The predicted octanol–water partition coefficient (Wildman–Crippen LogP) is -0.990. The molecule has 1 aliphatic heterocycles. The van der Waals surface area contributed by atoms with Crippen molar-refractivity contribution in [3.63, 3.8) is 0 Å². The first-order chi connectivity index (χ1) is 11.1. The summed E-state index contributed by atoms with van der Waals surface area (Å²) in [6, 6.07) is 0. The molecule has 3 heterocycles. The normalized spacial score (nSPS) is 14.0. The molecule has 0 bridgehead atoms. The van der Waals surface area contributed by atoms with Crippen molar-refractivity contribution in [1.82, 2.24) is 18.7 Å². The minimum atomic E-state index is -0.375. The van der Waals surface area contributed by atoms with Gasteiger partial charge in [0, 0.05) is 40.9 Å². The van der Waals surface area contributed by atoms with Crippen LogP contribution in [-0.4, -0.2) is 59.2 Å². The fourth-order valence-corrected chi connectivity index (χ4v) is 2.93. The lowest BCUT2D eigenvalue weighted by Crippen LogP contribution is -2.40. The van der Waals surface area contributed by atoms with Gasteiger partial charge >= 0.3 is 5.69 Å². The van der Waals surface area contributed by atoms with Crippen LogP contribution >= 0.6 is 0 Å². The van der Waals surface area contributed by atoms with Gasteiger partial charge in [-0.25, -0.2) is 4.79 Å². The standard InChI is InChI=1S/C14H21N5O4/c1-16-11-10(12(20)19(14(16)21)7-9-23-3)18-5-4-17(6-8-22-2)13(18)15-11/h4-9H2,1-3H3. The minimum Gasteiger partial charge on any atom is -0.383 e. The quantitative estimate of drug-likeness (QED) is 0.679. The number of aryl methyl sites for hydroxylation is 1. The van der Waals surface area contributed by atoms with Gasteiger partial charge in [-0.2, -0.15) is 4.98 Å². The Kier molecular flexibility index (Phi) is 4.22. The molecule has 1 aliphatic rings. The number of rotatable bonds is 6. The van der Waals surface area contributed by atoms with Crippen LogP contribution < -0.4 is 16.1 Å². The third-order valence-electron chi connectivity index (χ3n) is 4.17. The Morgan fingerprint density at radius 2 is 1.78 bits per heavy atom. The van der Waals surface area contributed by atoms with Crippen molar-refractivity contribution in [2.24, 2.45) is 7.05 Å². The highest BCUT2D eigenvalue weighted by Crippen LogP contribution is 2.24. The fourth-order valence-electron chi connectivity index (χ4n) is 2.93. The highest BCUT2D eigenvalue weighted by Gasteiger charge is 2.27. The van der Waals surface area contributed by atoms with Crippen molar-refractivity contribution in [2.45, 2.75) is 13.1 Å². The number of hydrogen-bond acceptors (Lipinski definition) is 6. The van der Waals surface area contributed by atoms with Crippen molar-refractivity contribution in [3.05, 3.63) is 20.8 Å². The van der Waals surface area contributed by atoms with Gasteiger partial charge in [-0.3, -0.25) is 13.9 Å². The van der Waals surface area contributed by atoms with Crippen LogP contribution in [0.15, 0.2) is 9.59 Å². The summed E-state index contributed by atoms with van der Waals surface area (Å²) in [6.45, 7) is 3.27. The van der Waals surface area contributed by atoms with Crippen LogP contribution in [0.2, 0.25) is 0 Å². The van der Waals surface area contributed by atoms with Crippen molar-refractivity contribution in [3.8, 4) is 0 Å². The van der Waals surface area contributed by atoms with E-state index in [0.717, 1.165) is 6.54 Å². The third kappa shape index (κ3) is 2.45. The molecular formula is C14H21N5O4. The second kappa shape index (κ2) is 6.17. The van der Waals surface area contributed by atoms with Gasteiger partial charge in [0.2, 0.25) is 5.95 Å². The van der Waals surface area contributed by atoms with Crippen molar-refractivity contribution in [2.75, 3.05) is 45.4 Å². The summed E-state index contributed by atoms with van der Waals surface area (Å²) in [5, 5.41) is 0. The first-order valence-electron chi connectivity index (χ1n) is 7.53. The van der Waals surface area contributed by atoms with E-state index in [-0.39, 0.29) is 17.8 Å². The zero-order valence-electron chi connectivity index (χ0n) is 13.6. The molecule has 9 nitrogen and oxygen atoms in total. The maximum atomic E-state index is 12.7. The number of fused-ring (bicyclic) bond motifs is 3. The molecule has 0 amide bonds. The Balaban J connectivity index is 2.16. The first-order valence-corrected chi connectivity index (χ1v) is 7.53. The van der Waals surface area contributed by atoms with Crippen molar-refractivity contribution in [1.29, 1.82) is 0 Å². The van der Waals surface area contributed by atoms with E-state index in [1.807, 2.05) is 4.57 Å². The lowest BCUT2D eigenvalue weighted by Gasteiger charge is -2.14. The average molecular weight is 323 g/mol. The van der Waals surface area contributed by atoms with Crippen LogP contribution in [0.25, 0.3) is 11.2 Å². The van der Waals surface area contributed by atoms with Crippen LogP contribution in [0.5, 0.6) is 0 Å². The van der Waals surface area contributed by atoms with Crippen LogP contribution in [0.1, 0.15) is 0 Å². The molecule has 0 aliphatic carbocycles. The van der Waals surface area contributed by atoms with Gasteiger partial charge in [0.1, 0.15) is 0 Å². The molecule has 0 saturated carbocycles. The zero-order valence-corrected chi connectivity index (χ0v) is 13.6. The second-order valence-electron chi connectivity index (χ2n) is 5.51. The monoisotopic (exact) mass is 323 g/mol. The van der Waals surface area contributed by atoms with Crippen molar-refractivity contribution >= 4 is 17.1 Å². The lowest BCUT2D eigenvalue weighted by molar-refractivity contribution is 0.184. The van der Waals surface area contributed by atoms with E-state index in [0.29, 0.717) is 43.4 Å². The molecule has 0 saturated heterocycles. The van der Waals surface area contributed by atoms with Crippen LogP contribution in [-0.2, 0) is 29.6 Å². The van der Waals surface area contributed by atoms with E-state index in [1.165, 1.54) is 16.2 Å². The second-order valence-corrected chi connectivity index (χ2v) is 5.51. The Hall–Kier alpha value is -2.13. The molecule has 0 atom stereocenters. The Morgan fingerprint density at radius 3 is 2.48 bits per heavy atom. The van der Waals surface area contributed by atoms with Gasteiger partial charge in [0.15, 0.2) is 11.2 Å². The number of imidazole rings is 1. The van der Waals surface area contributed by atoms with Gasteiger partial charge < -0.3 is 18.9 Å². The fraction of sp³-hybridized carbons (Fsp3) is 0.643. The molecule has 0 spiro atoms. The first kappa shape index (κ1) is 15.8. The molecule has 0 N–H and O–H groups in total. The van der Waals surface area contributed by atoms with Gasteiger partial charge in [-0.15, -0.1) is 0 Å². The molecule has 0 radical (unpaired) electrons. The van der Waals surface area contributed by atoms with Crippen LogP contribution in [0, 0.1) is 0 Å². The maximum Gasteiger partial charge on any atom is 0.332 e. The molecule has 23 heavy (non-hydrogen) atoms.